The van der Waals surface area contributed by atoms with E-state index in [1.165, 1.54) is 0 Å². The molecule has 0 fully saturated rings. The van der Waals surface area contributed by atoms with Gasteiger partial charge in [0.2, 0.25) is 5.91 Å². The van der Waals surface area contributed by atoms with E-state index in [2.05, 4.69) is 32.4 Å². The SMILES string of the molecule is CCCCN(C)C(=NC)NCCC(=O)Nc1ccc(C)cn1. The number of guanidine groups is 1. The zero-order valence-electron chi connectivity index (χ0n) is 14.0. The number of pyridine rings is 1. The molecule has 0 unspecified atom stereocenters. The molecule has 0 saturated carbocycles. The molecule has 2 N–H and O–H groups in total. The molecule has 0 saturated heterocycles. The van der Waals surface area contributed by atoms with Gasteiger partial charge in [-0.25, -0.2) is 4.98 Å². The third kappa shape index (κ3) is 6.56. The molecule has 0 aromatic carbocycles. The number of aromatic nitrogens is 1. The van der Waals surface area contributed by atoms with Crippen molar-refractivity contribution in [1.82, 2.24) is 15.2 Å². The maximum Gasteiger partial charge on any atom is 0.227 e. The van der Waals surface area contributed by atoms with Gasteiger partial charge in [0.25, 0.3) is 0 Å². The standard InChI is InChI=1S/C16H27N5O/c1-5-6-11-21(4)16(17-3)18-10-9-15(22)20-14-8-7-13(2)12-19-14/h7-8,12H,5-6,9-11H2,1-4H3,(H,17,18)(H,19,20,22). The van der Waals surface area contributed by atoms with Gasteiger partial charge >= 0.3 is 0 Å². The molecule has 6 nitrogen and oxygen atoms in total. The van der Waals surface area contributed by atoms with Crippen LogP contribution >= 0.6 is 0 Å². The second-order valence-corrected chi connectivity index (χ2v) is 5.27. The molecule has 0 aliphatic rings. The van der Waals surface area contributed by atoms with E-state index in [9.17, 15) is 4.79 Å². The predicted octanol–water partition coefficient (Wildman–Crippen LogP) is 2.03. The van der Waals surface area contributed by atoms with Crippen LogP contribution in [0.15, 0.2) is 23.3 Å². The Kier molecular flexibility index (Phi) is 7.96. The van der Waals surface area contributed by atoms with Gasteiger partial charge in [0, 0.05) is 39.8 Å². The van der Waals surface area contributed by atoms with Crippen LogP contribution in [0.3, 0.4) is 0 Å². The van der Waals surface area contributed by atoms with Crippen LogP contribution < -0.4 is 10.6 Å². The summed E-state index contributed by atoms with van der Waals surface area (Å²) in [5.74, 6) is 1.34. The predicted molar refractivity (Wildman–Crippen MR) is 91.1 cm³/mol. The van der Waals surface area contributed by atoms with Gasteiger partial charge in [0.15, 0.2) is 5.96 Å². The van der Waals surface area contributed by atoms with Crippen LogP contribution in [0.5, 0.6) is 0 Å². The second-order valence-electron chi connectivity index (χ2n) is 5.27. The first-order chi connectivity index (χ1) is 10.6. The molecule has 1 amide bonds. The average Bonchev–Trinajstić information content (AvgIpc) is 2.51. The number of nitrogens with zero attached hydrogens (tertiary/aromatic N) is 3. The minimum absolute atomic E-state index is 0.0597. The zero-order valence-corrected chi connectivity index (χ0v) is 14.0. The molecule has 0 spiro atoms. The number of aliphatic imine (C=N–C) groups is 1. The van der Waals surface area contributed by atoms with Crippen molar-refractivity contribution < 1.29 is 4.79 Å². The van der Waals surface area contributed by atoms with Crippen LogP contribution in [0.1, 0.15) is 31.7 Å². The van der Waals surface area contributed by atoms with E-state index in [4.69, 9.17) is 0 Å². The van der Waals surface area contributed by atoms with Crippen LogP contribution in [-0.2, 0) is 4.79 Å². The van der Waals surface area contributed by atoms with Gasteiger partial charge in [-0.1, -0.05) is 19.4 Å². The lowest BCUT2D eigenvalue weighted by Gasteiger charge is -2.21. The number of carbonyl (C=O) groups excluding carboxylic acids is 1. The highest BCUT2D eigenvalue weighted by atomic mass is 16.1. The lowest BCUT2D eigenvalue weighted by atomic mass is 10.3. The molecular weight excluding hydrogens is 278 g/mol. The fourth-order valence-electron chi connectivity index (χ4n) is 1.92. The Morgan fingerprint density at radius 2 is 2.18 bits per heavy atom. The number of amides is 1. The second kappa shape index (κ2) is 9.76. The van der Waals surface area contributed by atoms with Crippen LogP contribution in [0.25, 0.3) is 0 Å². The number of unbranched alkanes of at least 4 members (excludes halogenated alkanes) is 1. The van der Waals surface area contributed by atoms with E-state index in [1.807, 2.05) is 20.0 Å². The average molecular weight is 305 g/mol. The Labute approximate surface area is 133 Å². The van der Waals surface area contributed by atoms with Crippen LogP contribution in [0.4, 0.5) is 5.82 Å². The number of carbonyl (C=O) groups is 1. The topological polar surface area (TPSA) is 69.6 Å². The van der Waals surface area contributed by atoms with Crippen molar-refractivity contribution in [2.75, 3.05) is 32.5 Å². The molecule has 122 valence electrons. The highest BCUT2D eigenvalue weighted by molar-refractivity contribution is 5.90. The first kappa shape index (κ1) is 17.9. The fourth-order valence-corrected chi connectivity index (χ4v) is 1.92. The number of hydrogen-bond donors (Lipinski definition) is 2. The van der Waals surface area contributed by atoms with Gasteiger partial charge in [0.05, 0.1) is 0 Å². The number of aryl methyl sites for hydroxylation is 1. The van der Waals surface area contributed by atoms with Gasteiger partial charge in [-0.15, -0.1) is 0 Å². The van der Waals surface area contributed by atoms with Crippen LogP contribution in [-0.4, -0.2) is 48.9 Å². The van der Waals surface area contributed by atoms with Gasteiger partial charge in [-0.05, 0) is 25.0 Å². The number of anilines is 1. The van der Waals surface area contributed by atoms with Crippen LogP contribution in [0, 0.1) is 6.92 Å². The molecule has 0 atom stereocenters. The van der Waals surface area contributed by atoms with Crippen molar-refractivity contribution in [2.24, 2.45) is 4.99 Å². The monoisotopic (exact) mass is 305 g/mol. The minimum atomic E-state index is -0.0597. The Morgan fingerprint density at radius 3 is 2.77 bits per heavy atom. The molecule has 0 radical (unpaired) electrons. The maximum atomic E-state index is 11.9. The molecule has 6 heteroatoms. The normalized spacial score (nSPS) is 11.2. The lowest BCUT2D eigenvalue weighted by molar-refractivity contribution is -0.116. The first-order valence-corrected chi connectivity index (χ1v) is 7.71. The zero-order chi connectivity index (χ0) is 16.4. The molecule has 22 heavy (non-hydrogen) atoms. The molecular formula is C16H27N5O. The lowest BCUT2D eigenvalue weighted by Crippen LogP contribution is -2.40. The summed E-state index contributed by atoms with van der Waals surface area (Å²) >= 11 is 0. The number of hydrogen-bond acceptors (Lipinski definition) is 3. The molecule has 1 aromatic heterocycles. The molecule has 1 aromatic rings. The van der Waals surface area contributed by atoms with Crippen molar-refractivity contribution >= 4 is 17.7 Å². The smallest absolute Gasteiger partial charge is 0.227 e. The van der Waals surface area contributed by atoms with E-state index in [-0.39, 0.29) is 5.91 Å². The van der Waals surface area contributed by atoms with Gasteiger partial charge in [-0.2, -0.15) is 0 Å². The van der Waals surface area contributed by atoms with Gasteiger partial charge in [-0.3, -0.25) is 9.79 Å². The van der Waals surface area contributed by atoms with E-state index < -0.39 is 0 Å². The fraction of sp³-hybridized carbons (Fsp3) is 0.562. The van der Waals surface area contributed by atoms with E-state index >= 15 is 0 Å². The van der Waals surface area contributed by atoms with E-state index in [1.54, 1.807) is 19.3 Å². The summed E-state index contributed by atoms with van der Waals surface area (Å²) in [6, 6.07) is 3.73. The summed E-state index contributed by atoms with van der Waals surface area (Å²) in [5.41, 5.74) is 1.07. The van der Waals surface area contributed by atoms with E-state index in [0.717, 1.165) is 30.9 Å². The largest absolute Gasteiger partial charge is 0.356 e. The Bertz CT molecular complexity index is 484. The third-order valence-electron chi connectivity index (χ3n) is 3.23. The molecule has 0 bridgehead atoms. The highest BCUT2D eigenvalue weighted by Gasteiger charge is 2.07. The summed E-state index contributed by atoms with van der Waals surface area (Å²) < 4.78 is 0. The van der Waals surface area contributed by atoms with Gasteiger partial charge in [0.1, 0.15) is 5.82 Å². The Morgan fingerprint density at radius 1 is 1.41 bits per heavy atom. The third-order valence-corrected chi connectivity index (χ3v) is 3.23. The maximum absolute atomic E-state index is 11.9. The summed E-state index contributed by atoms with van der Waals surface area (Å²) in [5, 5.41) is 5.98. The summed E-state index contributed by atoms with van der Waals surface area (Å²) in [6.07, 6.45) is 4.37. The van der Waals surface area contributed by atoms with Crippen molar-refractivity contribution in [2.45, 2.75) is 33.1 Å². The molecule has 0 aliphatic heterocycles. The minimum Gasteiger partial charge on any atom is -0.356 e. The first-order valence-electron chi connectivity index (χ1n) is 7.71. The van der Waals surface area contributed by atoms with Crippen molar-refractivity contribution in [3.05, 3.63) is 23.9 Å². The number of nitrogens with one attached hydrogen (secondary N) is 2. The van der Waals surface area contributed by atoms with Crippen molar-refractivity contribution in [3.8, 4) is 0 Å². The van der Waals surface area contributed by atoms with Crippen molar-refractivity contribution in [3.63, 3.8) is 0 Å². The summed E-state index contributed by atoms with van der Waals surface area (Å²) in [7, 11) is 3.75. The summed E-state index contributed by atoms with van der Waals surface area (Å²) in [4.78, 5) is 22.3. The molecule has 0 aliphatic carbocycles. The van der Waals surface area contributed by atoms with Gasteiger partial charge < -0.3 is 15.5 Å². The highest BCUT2D eigenvalue weighted by Crippen LogP contribution is 2.04. The molecule has 1 heterocycles. The van der Waals surface area contributed by atoms with E-state index in [0.29, 0.717) is 18.8 Å². The summed E-state index contributed by atoms with van der Waals surface area (Å²) in [6.45, 7) is 5.62. The quantitative estimate of drug-likeness (QED) is 0.597. The van der Waals surface area contributed by atoms with Crippen LogP contribution in [0.2, 0.25) is 0 Å². The Hall–Kier alpha value is -2.11. The number of rotatable bonds is 7. The van der Waals surface area contributed by atoms with Crippen molar-refractivity contribution in [1.29, 1.82) is 0 Å². The Balaban J connectivity index is 2.32. The molecule has 1 rings (SSSR count).